The standard InChI is InChI=1S/C14H18N2O5/c1-11(2)9-20-8-7-15-14(17)10-21-13-6-4-3-5-12(13)16(18)19/h3-6H,1,7-10H2,2H3,(H,15,17). The van der Waals surface area contributed by atoms with Crippen molar-refractivity contribution in [3.05, 3.63) is 46.5 Å². The van der Waals surface area contributed by atoms with Crippen LogP contribution in [0, 0.1) is 10.1 Å². The fourth-order valence-corrected chi connectivity index (χ4v) is 1.43. The summed E-state index contributed by atoms with van der Waals surface area (Å²) in [6.45, 7) is 6.40. The van der Waals surface area contributed by atoms with Gasteiger partial charge in [-0.25, -0.2) is 0 Å². The first-order valence-electron chi connectivity index (χ1n) is 6.35. The molecule has 0 bridgehead atoms. The molecular formula is C14H18N2O5. The van der Waals surface area contributed by atoms with Gasteiger partial charge in [-0.15, -0.1) is 0 Å². The van der Waals surface area contributed by atoms with Crippen LogP contribution in [0.25, 0.3) is 0 Å². The number of hydrogen-bond acceptors (Lipinski definition) is 5. The number of carbonyl (C=O) groups excluding carboxylic acids is 1. The largest absolute Gasteiger partial charge is 0.477 e. The molecule has 0 aromatic heterocycles. The summed E-state index contributed by atoms with van der Waals surface area (Å²) in [4.78, 5) is 21.7. The Bertz CT molecular complexity index is 516. The summed E-state index contributed by atoms with van der Waals surface area (Å²) in [5.74, 6) is -0.303. The number of nitrogens with one attached hydrogen (secondary N) is 1. The van der Waals surface area contributed by atoms with Crippen LogP contribution in [0.4, 0.5) is 5.69 Å². The van der Waals surface area contributed by atoms with Crippen molar-refractivity contribution in [2.75, 3.05) is 26.4 Å². The van der Waals surface area contributed by atoms with Crippen LogP contribution in [0.1, 0.15) is 6.92 Å². The molecule has 0 saturated heterocycles. The maximum Gasteiger partial charge on any atom is 0.310 e. The number of rotatable bonds is 9. The lowest BCUT2D eigenvalue weighted by molar-refractivity contribution is -0.385. The van der Waals surface area contributed by atoms with Crippen LogP contribution >= 0.6 is 0 Å². The third kappa shape index (κ3) is 6.53. The highest BCUT2D eigenvalue weighted by atomic mass is 16.6. The van der Waals surface area contributed by atoms with Gasteiger partial charge in [-0.3, -0.25) is 14.9 Å². The van der Waals surface area contributed by atoms with Crippen LogP contribution in [0.3, 0.4) is 0 Å². The molecule has 114 valence electrons. The zero-order valence-corrected chi connectivity index (χ0v) is 11.8. The molecule has 0 aliphatic carbocycles. The van der Waals surface area contributed by atoms with E-state index in [1.54, 1.807) is 6.07 Å². The van der Waals surface area contributed by atoms with Gasteiger partial charge in [-0.2, -0.15) is 0 Å². The van der Waals surface area contributed by atoms with Crippen molar-refractivity contribution in [3.8, 4) is 5.75 Å². The zero-order valence-electron chi connectivity index (χ0n) is 11.8. The van der Waals surface area contributed by atoms with Crippen molar-refractivity contribution in [1.29, 1.82) is 0 Å². The van der Waals surface area contributed by atoms with Crippen LogP contribution in [0.15, 0.2) is 36.4 Å². The Kier molecular flexibility index (Phi) is 6.90. The van der Waals surface area contributed by atoms with E-state index in [1.165, 1.54) is 18.2 Å². The predicted molar refractivity (Wildman–Crippen MR) is 77.2 cm³/mol. The van der Waals surface area contributed by atoms with Crippen LogP contribution in [0.2, 0.25) is 0 Å². The van der Waals surface area contributed by atoms with Crippen LogP contribution in [0.5, 0.6) is 5.75 Å². The summed E-state index contributed by atoms with van der Waals surface area (Å²) < 4.78 is 10.4. The van der Waals surface area contributed by atoms with Crippen LogP contribution in [-0.4, -0.2) is 37.2 Å². The normalized spacial score (nSPS) is 9.95. The number of hydrogen-bond donors (Lipinski definition) is 1. The molecule has 0 atom stereocenters. The first-order valence-corrected chi connectivity index (χ1v) is 6.35. The maximum atomic E-state index is 11.5. The van der Waals surface area contributed by atoms with E-state index in [-0.39, 0.29) is 24.0 Å². The predicted octanol–water partition coefficient (Wildman–Crippen LogP) is 1.68. The van der Waals surface area contributed by atoms with E-state index in [2.05, 4.69) is 11.9 Å². The van der Waals surface area contributed by atoms with Gasteiger partial charge >= 0.3 is 5.69 Å². The lowest BCUT2D eigenvalue weighted by atomic mass is 10.3. The van der Waals surface area contributed by atoms with E-state index >= 15 is 0 Å². The maximum absolute atomic E-state index is 11.5. The molecular weight excluding hydrogens is 276 g/mol. The number of ether oxygens (including phenoxy) is 2. The average Bonchev–Trinajstić information content (AvgIpc) is 2.44. The van der Waals surface area contributed by atoms with Gasteiger partial charge in [0.2, 0.25) is 0 Å². The molecule has 0 radical (unpaired) electrons. The fourth-order valence-electron chi connectivity index (χ4n) is 1.43. The highest BCUT2D eigenvalue weighted by Gasteiger charge is 2.14. The Hall–Kier alpha value is -2.41. The summed E-state index contributed by atoms with van der Waals surface area (Å²) in [5.41, 5.74) is 0.733. The Morgan fingerprint density at radius 1 is 1.38 bits per heavy atom. The number of amides is 1. The SMILES string of the molecule is C=C(C)COCCNC(=O)COc1ccccc1[N+](=O)[O-]. The second kappa shape index (κ2) is 8.70. The highest BCUT2D eigenvalue weighted by molar-refractivity contribution is 5.77. The summed E-state index contributed by atoms with van der Waals surface area (Å²) in [7, 11) is 0. The van der Waals surface area contributed by atoms with E-state index < -0.39 is 4.92 Å². The van der Waals surface area contributed by atoms with Gasteiger partial charge < -0.3 is 14.8 Å². The topological polar surface area (TPSA) is 90.7 Å². The van der Waals surface area contributed by atoms with Gasteiger partial charge in [0, 0.05) is 12.6 Å². The average molecular weight is 294 g/mol. The fraction of sp³-hybridized carbons (Fsp3) is 0.357. The minimum atomic E-state index is -0.557. The molecule has 0 spiro atoms. The molecule has 0 heterocycles. The van der Waals surface area contributed by atoms with Crippen molar-refractivity contribution < 1.29 is 19.2 Å². The van der Waals surface area contributed by atoms with Crippen molar-refractivity contribution >= 4 is 11.6 Å². The molecule has 0 aliphatic rings. The van der Waals surface area contributed by atoms with E-state index in [4.69, 9.17) is 9.47 Å². The van der Waals surface area contributed by atoms with Crippen LogP contribution in [-0.2, 0) is 9.53 Å². The summed E-state index contributed by atoms with van der Waals surface area (Å²) in [6, 6.07) is 5.90. The lowest BCUT2D eigenvalue weighted by Gasteiger charge is -2.08. The van der Waals surface area contributed by atoms with E-state index in [0.717, 1.165) is 5.57 Å². The number of nitro benzene ring substituents is 1. The first kappa shape index (κ1) is 16.6. The van der Waals surface area contributed by atoms with E-state index in [1.807, 2.05) is 6.92 Å². The molecule has 1 aromatic rings. The monoisotopic (exact) mass is 294 g/mol. The third-order valence-corrected chi connectivity index (χ3v) is 2.34. The zero-order chi connectivity index (χ0) is 15.7. The molecule has 1 amide bonds. The molecule has 0 unspecified atom stereocenters. The van der Waals surface area contributed by atoms with E-state index in [9.17, 15) is 14.9 Å². The van der Waals surface area contributed by atoms with Gasteiger partial charge in [-0.05, 0) is 13.0 Å². The molecule has 0 saturated carbocycles. The molecule has 0 fully saturated rings. The summed E-state index contributed by atoms with van der Waals surface area (Å²) >= 11 is 0. The van der Waals surface area contributed by atoms with Crippen molar-refractivity contribution in [2.45, 2.75) is 6.92 Å². The Balaban J connectivity index is 2.30. The molecule has 1 aromatic carbocycles. The first-order chi connectivity index (χ1) is 10.0. The van der Waals surface area contributed by atoms with Crippen molar-refractivity contribution in [3.63, 3.8) is 0 Å². The number of para-hydroxylation sites is 2. The number of benzene rings is 1. The Morgan fingerprint density at radius 2 is 2.10 bits per heavy atom. The second-order valence-electron chi connectivity index (χ2n) is 4.37. The van der Waals surface area contributed by atoms with Gasteiger partial charge in [0.25, 0.3) is 5.91 Å². The summed E-state index contributed by atoms with van der Waals surface area (Å²) in [6.07, 6.45) is 0. The lowest BCUT2D eigenvalue weighted by Crippen LogP contribution is -2.31. The summed E-state index contributed by atoms with van der Waals surface area (Å²) in [5, 5.41) is 13.4. The molecule has 1 N–H and O–H groups in total. The highest BCUT2D eigenvalue weighted by Crippen LogP contribution is 2.25. The van der Waals surface area contributed by atoms with Gasteiger partial charge in [0.1, 0.15) is 0 Å². The molecule has 7 heteroatoms. The molecule has 0 aliphatic heterocycles. The molecule has 7 nitrogen and oxygen atoms in total. The molecule has 21 heavy (non-hydrogen) atoms. The number of nitro groups is 1. The minimum absolute atomic E-state index is 0.0659. The van der Waals surface area contributed by atoms with Crippen molar-refractivity contribution in [1.82, 2.24) is 5.32 Å². The smallest absolute Gasteiger partial charge is 0.310 e. The van der Waals surface area contributed by atoms with Crippen LogP contribution < -0.4 is 10.1 Å². The second-order valence-corrected chi connectivity index (χ2v) is 4.37. The Labute approximate surface area is 122 Å². The van der Waals surface area contributed by atoms with Gasteiger partial charge in [0.15, 0.2) is 12.4 Å². The third-order valence-electron chi connectivity index (χ3n) is 2.34. The van der Waals surface area contributed by atoms with Gasteiger partial charge in [0.05, 0.1) is 18.1 Å². The number of carbonyl (C=O) groups is 1. The number of nitrogens with zero attached hydrogens (tertiary/aromatic N) is 1. The van der Waals surface area contributed by atoms with E-state index in [0.29, 0.717) is 19.8 Å². The Morgan fingerprint density at radius 3 is 2.76 bits per heavy atom. The molecule has 1 rings (SSSR count). The van der Waals surface area contributed by atoms with Gasteiger partial charge in [-0.1, -0.05) is 24.3 Å². The quantitative estimate of drug-likeness (QED) is 0.324. The minimum Gasteiger partial charge on any atom is -0.477 e. The van der Waals surface area contributed by atoms with Crippen molar-refractivity contribution in [2.24, 2.45) is 0 Å².